The van der Waals surface area contributed by atoms with Crippen LogP contribution in [0.2, 0.25) is 0 Å². The number of nitrogens with two attached hydrogens (primary N) is 1. The molecule has 1 amide bonds. The van der Waals surface area contributed by atoms with Gasteiger partial charge in [-0.3, -0.25) is 4.79 Å². The molecule has 23 heavy (non-hydrogen) atoms. The number of hydrogen-bond acceptors (Lipinski definition) is 3. The van der Waals surface area contributed by atoms with Crippen molar-refractivity contribution in [3.8, 4) is 0 Å². The molecule has 1 aliphatic rings. The summed E-state index contributed by atoms with van der Waals surface area (Å²) < 4.78 is 1.76. The van der Waals surface area contributed by atoms with Crippen molar-refractivity contribution in [1.82, 2.24) is 15.1 Å². The van der Waals surface area contributed by atoms with E-state index < -0.39 is 0 Å². The molecule has 3 aromatic rings. The molecule has 0 atom stereocenters. The van der Waals surface area contributed by atoms with Crippen molar-refractivity contribution in [3.63, 3.8) is 0 Å². The van der Waals surface area contributed by atoms with E-state index in [-0.39, 0.29) is 5.91 Å². The van der Waals surface area contributed by atoms with Crippen molar-refractivity contribution >= 4 is 22.5 Å². The van der Waals surface area contributed by atoms with Crippen LogP contribution in [0.1, 0.15) is 34.8 Å². The third-order valence-corrected chi connectivity index (χ3v) is 4.29. The Labute approximate surface area is 134 Å². The van der Waals surface area contributed by atoms with E-state index in [0.29, 0.717) is 24.0 Å². The fourth-order valence-corrected chi connectivity index (χ4v) is 2.87. The normalized spacial score (nSPS) is 14.1. The van der Waals surface area contributed by atoms with Gasteiger partial charge in [-0.05, 0) is 29.2 Å². The molecule has 5 nitrogen and oxygen atoms in total. The van der Waals surface area contributed by atoms with Gasteiger partial charge in [-0.1, -0.05) is 42.5 Å². The zero-order valence-corrected chi connectivity index (χ0v) is 12.7. The Balaban J connectivity index is 1.53. The van der Waals surface area contributed by atoms with Crippen LogP contribution < -0.4 is 11.1 Å². The molecule has 0 unspecified atom stereocenters. The largest absolute Gasteiger partial charge is 0.383 e. The van der Waals surface area contributed by atoms with Crippen LogP contribution in [0.3, 0.4) is 0 Å². The topological polar surface area (TPSA) is 72.9 Å². The number of amides is 1. The van der Waals surface area contributed by atoms with Gasteiger partial charge in [0.15, 0.2) is 0 Å². The number of nitrogens with zero attached hydrogens (tertiary/aromatic N) is 2. The van der Waals surface area contributed by atoms with E-state index in [1.807, 2.05) is 24.3 Å². The molecule has 0 aliphatic heterocycles. The highest BCUT2D eigenvalue weighted by Crippen LogP contribution is 2.36. The van der Waals surface area contributed by atoms with Gasteiger partial charge < -0.3 is 11.1 Å². The Bertz CT molecular complexity index is 874. The van der Waals surface area contributed by atoms with Crippen molar-refractivity contribution in [2.75, 3.05) is 5.73 Å². The Morgan fingerprint density at radius 2 is 2.00 bits per heavy atom. The van der Waals surface area contributed by atoms with Gasteiger partial charge in [0.2, 0.25) is 0 Å². The van der Waals surface area contributed by atoms with Crippen molar-refractivity contribution in [2.45, 2.75) is 25.4 Å². The minimum absolute atomic E-state index is 0.178. The number of anilines is 1. The number of nitrogen functional groups attached to an aromatic ring is 1. The zero-order chi connectivity index (χ0) is 15.8. The number of benzene rings is 2. The summed E-state index contributed by atoms with van der Waals surface area (Å²) in [7, 11) is 0. The first-order valence-electron chi connectivity index (χ1n) is 7.82. The molecule has 0 spiro atoms. The second-order valence-corrected chi connectivity index (χ2v) is 5.94. The van der Waals surface area contributed by atoms with Gasteiger partial charge in [-0.25, -0.2) is 4.68 Å². The molecular weight excluding hydrogens is 288 g/mol. The van der Waals surface area contributed by atoms with E-state index in [9.17, 15) is 4.79 Å². The lowest BCUT2D eigenvalue weighted by Gasteiger charge is -2.08. The van der Waals surface area contributed by atoms with Crippen LogP contribution >= 0.6 is 0 Å². The molecule has 5 heteroatoms. The first kappa shape index (κ1) is 13.8. The molecule has 4 rings (SSSR count). The predicted molar refractivity (Wildman–Crippen MR) is 90.0 cm³/mol. The molecule has 1 fully saturated rings. The Kier molecular flexibility index (Phi) is 3.26. The van der Waals surface area contributed by atoms with Crippen LogP contribution in [0.25, 0.3) is 10.8 Å². The monoisotopic (exact) mass is 306 g/mol. The number of nitrogens with one attached hydrogen (secondary N) is 1. The lowest BCUT2D eigenvalue weighted by molar-refractivity contribution is 0.0952. The zero-order valence-electron chi connectivity index (χ0n) is 12.7. The smallest absolute Gasteiger partial charge is 0.256 e. The van der Waals surface area contributed by atoms with Crippen LogP contribution in [0.5, 0.6) is 0 Å². The van der Waals surface area contributed by atoms with Gasteiger partial charge in [-0.2, -0.15) is 5.10 Å². The third kappa shape index (κ3) is 2.54. The lowest BCUT2D eigenvalue weighted by atomic mass is 10.0. The number of aromatic nitrogens is 2. The number of carbonyl (C=O) groups excluding carboxylic acids is 1. The van der Waals surface area contributed by atoms with Crippen LogP contribution in [0.15, 0.2) is 48.7 Å². The maximum absolute atomic E-state index is 12.4. The minimum Gasteiger partial charge on any atom is -0.383 e. The SMILES string of the molecule is Nc1c(C(=O)NCc2cccc3ccccc23)cnn1C1CC1. The molecule has 1 heterocycles. The average Bonchev–Trinajstić information content (AvgIpc) is 3.35. The summed E-state index contributed by atoms with van der Waals surface area (Å²) in [5.41, 5.74) is 7.59. The maximum Gasteiger partial charge on any atom is 0.256 e. The van der Waals surface area contributed by atoms with Crippen LogP contribution in [-0.4, -0.2) is 15.7 Å². The van der Waals surface area contributed by atoms with Gasteiger partial charge >= 0.3 is 0 Å². The summed E-state index contributed by atoms with van der Waals surface area (Å²) >= 11 is 0. The fourth-order valence-electron chi connectivity index (χ4n) is 2.87. The minimum atomic E-state index is -0.178. The fraction of sp³-hybridized carbons (Fsp3) is 0.222. The van der Waals surface area contributed by atoms with Crippen molar-refractivity contribution in [1.29, 1.82) is 0 Å². The van der Waals surface area contributed by atoms with Gasteiger partial charge in [0, 0.05) is 6.54 Å². The van der Waals surface area contributed by atoms with E-state index in [1.54, 1.807) is 10.9 Å². The van der Waals surface area contributed by atoms with Gasteiger partial charge in [0.25, 0.3) is 5.91 Å². The molecule has 1 saturated carbocycles. The average molecular weight is 306 g/mol. The lowest BCUT2D eigenvalue weighted by Crippen LogP contribution is -2.23. The summed E-state index contributed by atoms with van der Waals surface area (Å²) in [5, 5.41) is 9.50. The van der Waals surface area contributed by atoms with Gasteiger partial charge in [0.05, 0.1) is 12.2 Å². The third-order valence-electron chi connectivity index (χ3n) is 4.29. The highest BCUT2D eigenvalue weighted by atomic mass is 16.1. The van der Waals surface area contributed by atoms with Crippen molar-refractivity contribution < 1.29 is 4.79 Å². The van der Waals surface area contributed by atoms with Crippen LogP contribution in [-0.2, 0) is 6.54 Å². The van der Waals surface area contributed by atoms with Crippen LogP contribution in [0.4, 0.5) is 5.82 Å². The first-order chi connectivity index (χ1) is 11.2. The van der Waals surface area contributed by atoms with E-state index in [4.69, 9.17) is 5.73 Å². The Morgan fingerprint density at radius 1 is 1.22 bits per heavy atom. The van der Waals surface area contributed by atoms with Crippen LogP contribution in [0, 0.1) is 0 Å². The number of carbonyl (C=O) groups is 1. The molecular formula is C18H18N4O. The summed E-state index contributed by atoms with van der Waals surface area (Å²) in [6, 6.07) is 14.6. The predicted octanol–water partition coefficient (Wildman–Crippen LogP) is 2.88. The van der Waals surface area contributed by atoms with Gasteiger partial charge in [-0.15, -0.1) is 0 Å². The maximum atomic E-state index is 12.4. The highest BCUT2D eigenvalue weighted by Gasteiger charge is 2.28. The molecule has 3 N–H and O–H groups in total. The highest BCUT2D eigenvalue weighted by molar-refractivity contribution is 5.98. The van der Waals surface area contributed by atoms with Crippen molar-refractivity contribution in [3.05, 3.63) is 59.8 Å². The quantitative estimate of drug-likeness (QED) is 0.778. The number of fused-ring (bicyclic) bond motifs is 1. The second kappa shape index (κ2) is 5.43. The summed E-state index contributed by atoms with van der Waals surface area (Å²) in [5.74, 6) is 0.283. The molecule has 2 aromatic carbocycles. The molecule has 0 bridgehead atoms. The molecule has 0 radical (unpaired) electrons. The van der Waals surface area contributed by atoms with Gasteiger partial charge in [0.1, 0.15) is 11.4 Å². The second-order valence-electron chi connectivity index (χ2n) is 5.94. The Hall–Kier alpha value is -2.82. The van der Waals surface area contributed by atoms with E-state index in [0.717, 1.165) is 23.8 Å². The Morgan fingerprint density at radius 3 is 2.83 bits per heavy atom. The number of rotatable bonds is 4. The van der Waals surface area contributed by atoms with E-state index in [1.165, 1.54) is 5.39 Å². The molecule has 1 aromatic heterocycles. The summed E-state index contributed by atoms with van der Waals surface area (Å²) in [6.07, 6.45) is 3.73. The van der Waals surface area contributed by atoms with E-state index >= 15 is 0 Å². The molecule has 1 aliphatic carbocycles. The molecule has 0 saturated heterocycles. The van der Waals surface area contributed by atoms with E-state index in [2.05, 4.69) is 28.6 Å². The first-order valence-corrected chi connectivity index (χ1v) is 7.82. The van der Waals surface area contributed by atoms with Crippen molar-refractivity contribution in [2.24, 2.45) is 0 Å². The number of hydrogen-bond donors (Lipinski definition) is 2. The standard InChI is InChI=1S/C18H18N4O/c19-17-16(11-21-22(17)14-8-9-14)18(23)20-10-13-6-3-5-12-4-1-2-7-15(12)13/h1-7,11,14H,8-10,19H2,(H,20,23). The summed E-state index contributed by atoms with van der Waals surface area (Å²) in [4.78, 5) is 12.4. The summed E-state index contributed by atoms with van der Waals surface area (Å²) in [6.45, 7) is 0.467. The molecule has 116 valence electrons.